The summed E-state index contributed by atoms with van der Waals surface area (Å²) in [6.45, 7) is 0.510. The molecule has 0 atom stereocenters. The van der Waals surface area contributed by atoms with Gasteiger partial charge in [0.1, 0.15) is 0 Å². The van der Waals surface area contributed by atoms with Crippen molar-refractivity contribution in [2.75, 3.05) is 22.3 Å². The summed E-state index contributed by atoms with van der Waals surface area (Å²) < 4.78 is 26.6. The molecule has 21 heavy (non-hydrogen) atoms. The van der Waals surface area contributed by atoms with E-state index in [0.717, 1.165) is 23.2 Å². The largest absolute Gasteiger partial charge is 0.399 e. The summed E-state index contributed by atoms with van der Waals surface area (Å²) >= 11 is 0. The average molecular weight is 302 g/mol. The molecule has 0 unspecified atom stereocenters. The van der Waals surface area contributed by atoms with E-state index < -0.39 is 10.0 Å². The second-order valence-electron chi connectivity index (χ2n) is 5.26. The minimum atomic E-state index is -3.31. The molecule has 1 aliphatic rings. The standard InChI is InChI=1S/C16H18N2O2S/c17-15-7-6-14-8-10-18(16(14)12-15)21(19,20)11-9-13-4-2-1-3-5-13/h1-7,12H,8-11,17H2. The van der Waals surface area contributed by atoms with Gasteiger partial charge in [0, 0.05) is 12.2 Å². The van der Waals surface area contributed by atoms with E-state index >= 15 is 0 Å². The molecule has 0 saturated carbocycles. The van der Waals surface area contributed by atoms with Crippen molar-refractivity contribution in [2.45, 2.75) is 12.8 Å². The maximum Gasteiger partial charge on any atom is 0.235 e. The smallest absolute Gasteiger partial charge is 0.235 e. The zero-order chi connectivity index (χ0) is 14.9. The molecule has 0 aliphatic carbocycles. The van der Waals surface area contributed by atoms with E-state index in [1.54, 1.807) is 6.07 Å². The molecule has 0 spiro atoms. The van der Waals surface area contributed by atoms with Crippen molar-refractivity contribution in [3.63, 3.8) is 0 Å². The van der Waals surface area contributed by atoms with Crippen LogP contribution in [0.15, 0.2) is 48.5 Å². The predicted molar refractivity (Wildman–Crippen MR) is 85.8 cm³/mol. The number of sulfonamides is 1. The van der Waals surface area contributed by atoms with E-state index in [-0.39, 0.29) is 5.75 Å². The van der Waals surface area contributed by atoms with E-state index in [4.69, 9.17) is 5.73 Å². The first-order valence-electron chi connectivity index (χ1n) is 6.99. The number of fused-ring (bicyclic) bond motifs is 1. The summed E-state index contributed by atoms with van der Waals surface area (Å²) in [5, 5.41) is 0. The summed E-state index contributed by atoms with van der Waals surface area (Å²) in [4.78, 5) is 0. The fourth-order valence-electron chi connectivity index (χ4n) is 2.66. The van der Waals surface area contributed by atoms with Crippen LogP contribution in [0.5, 0.6) is 0 Å². The number of hydrogen-bond acceptors (Lipinski definition) is 3. The first-order valence-corrected chi connectivity index (χ1v) is 8.60. The van der Waals surface area contributed by atoms with Gasteiger partial charge in [0.15, 0.2) is 0 Å². The molecule has 0 radical (unpaired) electrons. The second kappa shape index (κ2) is 5.41. The van der Waals surface area contributed by atoms with Crippen LogP contribution in [-0.2, 0) is 22.9 Å². The molecular formula is C16H18N2O2S. The highest BCUT2D eigenvalue weighted by molar-refractivity contribution is 7.92. The lowest BCUT2D eigenvalue weighted by atomic mass is 10.1. The zero-order valence-corrected chi connectivity index (χ0v) is 12.5. The molecule has 0 amide bonds. The van der Waals surface area contributed by atoms with Gasteiger partial charge < -0.3 is 5.73 Å². The maximum atomic E-state index is 12.6. The molecule has 0 bridgehead atoms. The maximum absolute atomic E-state index is 12.6. The van der Waals surface area contributed by atoms with E-state index in [1.807, 2.05) is 42.5 Å². The highest BCUT2D eigenvalue weighted by Gasteiger charge is 2.29. The van der Waals surface area contributed by atoms with Gasteiger partial charge in [-0.25, -0.2) is 8.42 Å². The monoisotopic (exact) mass is 302 g/mol. The zero-order valence-electron chi connectivity index (χ0n) is 11.7. The number of hydrogen-bond donors (Lipinski definition) is 1. The van der Waals surface area contributed by atoms with Crippen molar-refractivity contribution in [1.29, 1.82) is 0 Å². The Morgan fingerprint density at radius 2 is 1.86 bits per heavy atom. The van der Waals surface area contributed by atoms with Gasteiger partial charge in [-0.05, 0) is 36.1 Å². The molecule has 3 rings (SSSR count). The molecule has 0 saturated heterocycles. The highest BCUT2D eigenvalue weighted by Crippen LogP contribution is 2.32. The SMILES string of the molecule is Nc1ccc2c(c1)N(S(=O)(=O)CCc1ccccc1)CC2. The number of anilines is 2. The topological polar surface area (TPSA) is 63.4 Å². The number of nitrogens with zero attached hydrogens (tertiary/aromatic N) is 1. The van der Waals surface area contributed by atoms with Crippen LogP contribution in [-0.4, -0.2) is 20.7 Å². The van der Waals surface area contributed by atoms with Crippen LogP contribution in [0.2, 0.25) is 0 Å². The lowest BCUT2D eigenvalue weighted by molar-refractivity contribution is 0.591. The number of nitrogens with two attached hydrogens (primary N) is 1. The average Bonchev–Trinajstić information content (AvgIpc) is 2.90. The molecule has 110 valence electrons. The first-order chi connectivity index (χ1) is 10.1. The molecule has 5 heteroatoms. The summed E-state index contributed by atoms with van der Waals surface area (Å²) in [6, 6.07) is 15.2. The van der Waals surface area contributed by atoms with Gasteiger partial charge in [0.2, 0.25) is 10.0 Å². The van der Waals surface area contributed by atoms with Gasteiger partial charge in [-0.15, -0.1) is 0 Å². The molecule has 0 aromatic heterocycles. The van der Waals surface area contributed by atoms with Gasteiger partial charge in [-0.3, -0.25) is 4.31 Å². The summed E-state index contributed by atoms with van der Waals surface area (Å²) in [5.41, 5.74) is 9.20. The molecular weight excluding hydrogens is 284 g/mol. The van der Waals surface area contributed by atoms with Gasteiger partial charge in [0.05, 0.1) is 11.4 Å². The third-order valence-corrected chi connectivity index (χ3v) is 5.56. The normalized spacial score (nSPS) is 14.2. The minimum absolute atomic E-state index is 0.116. The van der Waals surface area contributed by atoms with Crippen molar-refractivity contribution >= 4 is 21.4 Å². The Balaban J connectivity index is 1.79. The third kappa shape index (κ3) is 2.88. The molecule has 1 heterocycles. The number of aryl methyl sites for hydroxylation is 1. The van der Waals surface area contributed by atoms with Crippen LogP contribution in [0, 0.1) is 0 Å². The van der Waals surface area contributed by atoms with Crippen LogP contribution < -0.4 is 10.0 Å². The molecule has 2 N–H and O–H groups in total. The molecule has 0 fully saturated rings. The van der Waals surface area contributed by atoms with E-state index in [9.17, 15) is 8.42 Å². The molecule has 1 aliphatic heterocycles. The van der Waals surface area contributed by atoms with Crippen molar-refractivity contribution in [2.24, 2.45) is 0 Å². The molecule has 4 nitrogen and oxygen atoms in total. The summed E-state index contributed by atoms with van der Waals surface area (Å²) in [6.07, 6.45) is 1.28. The second-order valence-corrected chi connectivity index (χ2v) is 7.27. The van der Waals surface area contributed by atoms with Crippen LogP contribution >= 0.6 is 0 Å². The number of benzene rings is 2. The Morgan fingerprint density at radius 3 is 2.62 bits per heavy atom. The van der Waals surface area contributed by atoms with Crippen molar-refractivity contribution in [1.82, 2.24) is 0 Å². The Labute approximate surface area is 125 Å². The van der Waals surface area contributed by atoms with Gasteiger partial charge in [-0.1, -0.05) is 36.4 Å². The summed E-state index contributed by atoms with van der Waals surface area (Å²) in [7, 11) is -3.31. The summed E-state index contributed by atoms with van der Waals surface area (Å²) in [5.74, 6) is 0.116. The van der Waals surface area contributed by atoms with Crippen LogP contribution in [0.3, 0.4) is 0 Å². The quantitative estimate of drug-likeness (QED) is 0.881. The predicted octanol–water partition coefficient (Wildman–Crippen LogP) is 2.20. The van der Waals surface area contributed by atoms with E-state index in [1.165, 1.54) is 4.31 Å². The Kier molecular flexibility index (Phi) is 3.59. The Hall–Kier alpha value is -2.01. The lowest BCUT2D eigenvalue weighted by Crippen LogP contribution is -2.32. The van der Waals surface area contributed by atoms with Crippen molar-refractivity contribution in [3.8, 4) is 0 Å². The van der Waals surface area contributed by atoms with Crippen LogP contribution in [0.1, 0.15) is 11.1 Å². The van der Waals surface area contributed by atoms with Crippen LogP contribution in [0.25, 0.3) is 0 Å². The number of rotatable bonds is 4. The van der Waals surface area contributed by atoms with Crippen molar-refractivity contribution in [3.05, 3.63) is 59.7 Å². The van der Waals surface area contributed by atoms with Crippen molar-refractivity contribution < 1.29 is 8.42 Å². The Bertz CT molecular complexity index is 742. The van der Waals surface area contributed by atoms with Gasteiger partial charge >= 0.3 is 0 Å². The van der Waals surface area contributed by atoms with Crippen LogP contribution in [0.4, 0.5) is 11.4 Å². The first kappa shape index (κ1) is 13.9. The lowest BCUT2D eigenvalue weighted by Gasteiger charge is -2.19. The fourth-order valence-corrected chi connectivity index (χ4v) is 4.21. The third-order valence-electron chi connectivity index (χ3n) is 3.79. The Morgan fingerprint density at radius 1 is 1.10 bits per heavy atom. The van der Waals surface area contributed by atoms with E-state index in [2.05, 4.69) is 0 Å². The number of nitrogen functional groups attached to an aromatic ring is 1. The van der Waals surface area contributed by atoms with E-state index in [0.29, 0.717) is 18.7 Å². The highest BCUT2D eigenvalue weighted by atomic mass is 32.2. The van der Waals surface area contributed by atoms with Gasteiger partial charge in [0.25, 0.3) is 0 Å². The van der Waals surface area contributed by atoms with Gasteiger partial charge in [-0.2, -0.15) is 0 Å². The molecule has 2 aromatic rings. The fraction of sp³-hybridized carbons (Fsp3) is 0.250. The minimum Gasteiger partial charge on any atom is -0.399 e. The molecule has 2 aromatic carbocycles.